The Hall–Kier alpha value is -1.92. The Bertz CT molecular complexity index is 847. The molecule has 0 radical (unpaired) electrons. The number of fused-ring (bicyclic) bond motifs is 1. The number of aryl methyl sites for hydroxylation is 1. The van der Waals surface area contributed by atoms with Crippen LogP contribution in [0.2, 0.25) is 0 Å². The molecule has 1 aliphatic rings. The fourth-order valence-electron chi connectivity index (χ4n) is 3.35. The van der Waals surface area contributed by atoms with Crippen molar-refractivity contribution >= 4 is 29.1 Å². The summed E-state index contributed by atoms with van der Waals surface area (Å²) >= 11 is 0. The van der Waals surface area contributed by atoms with Crippen molar-refractivity contribution < 1.29 is 4.79 Å². The fraction of sp³-hybridized carbons (Fsp3) is 0.500. The van der Waals surface area contributed by atoms with E-state index in [1.165, 1.54) is 4.68 Å². The van der Waals surface area contributed by atoms with E-state index < -0.39 is 0 Å². The van der Waals surface area contributed by atoms with Crippen molar-refractivity contribution in [3.05, 3.63) is 40.3 Å². The van der Waals surface area contributed by atoms with Gasteiger partial charge in [-0.2, -0.15) is 5.10 Å². The first-order valence-electron chi connectivity index (χ1n) is 8.28. The number of carbonyl (C=O) groups is 1. The van der Waals surface area contributed by atoms with Crippen LogP contribution in [0.5, 0.6) is 0 Å². The predicted octanol–water partition coefficient (Wildman–Crippen LogP) is 1.48. The van der Waals surface area contributed by atoms with Gasteiger partial charge in [-0.1, -0.05) is 32.0 Å². The number of hydrogen-bond acceptors (Lipinski definition) is 4. The predicted molar refractivity (Wildman–Crippen MR) is 101 cm³/mol. The highest BCUT2D eigenvalue weighted by Crippen LogP contribution is 2.28. The first-order chi connectivity index (χ1) is 11.3. The van der Waals surface area contributed by atoms with Gasteiger partial charge in [-0.05, 0) is 17.9 Å². The van der Waals surface area contributed by atoms with Crippen LogP contribution < -0.4 is 11.3 Å². The van der Waals surface area contributed by atoms with Gasteiger partial charge < -0.3 is 10.6 Å². The summed E-state index contributed by atoms with van der Waals surface area (Å²) in [5.41, 5.74) is 6.56. The third-order valence-electron chi connectivity index (χ3n) is 5.02. The minimum atomic E-state index is -0.146. The van der Waals surface area contributed by atoms with Gasteiger partial charge in [0.25, 0.3) is 5.56 Å². The Morgan fingerprint density at radius 1 is 1.32 bits per heavy atom. The lowest BCUT2D eigenvalue weighted by Crippen LogP contribution is -2.54. The molecule has 6 nitrogen and oxygen atoms in total. The molecule has 1 saturated heterocycles. The first-order valence-corrected chi connectivity index (χ1v) is 8.28. The van der Waals surface area contributed by atoms with Crippen molar-refractivity contribution in [3.63, 3.8) is 0 Å². The Balaban J connectivity index is 0.00000225. The van der Waals surface area contributed by atoms with Crippen LogP contribution in [-0.2, 0) is 18.3 Å². The molecule has 0 saturated carbocycles. The summed E-state index contributed by atoms with van der Waals surface area (Å²) in [6, 6.07) is 7.42. The van der Waals surface area contributed by atoms with Gasteiger partial charge >= 0.3 is 0 Å². The molecule has 7 heteroatoms. The summed E-state index contributed by atoms with van der Waals surface area (Å²) in [6.07, 6.45) is 1.00. The Morgan fingerprint density at radius 2 is 1.96 bits per heavy atom. The van der Waals surface area contributed by atoms with Crippen molar-refractivity contribution in [2.45, 2.75) is 32.7 Å². The molecule has 0 aliphatic carbocycles. The number of hydrogen-bond donors (Lipinski definition) is 1. The normalized spacial score (nSPS) is 19.5. The van der Waals surface area contributed by atoms with Crippen molar-refractivity contribution in [3.8, 4) is 0 Å². The summed E-state index contributed by atoms with van der Waals surface area (Å²) in [5, 5.41) is 5.67. The molecule has 0 spiro atoms. The lowest BCUT2D eigenvalue weighted by Gasteiger charge is -2.42. The molecule has 1 unspecified atom stereocenters. The molecule has 1 fully saturated rings. The molecule has 3 rings (SSSR count). The number of nitrogens with two attached hydrogens (primary N) is 1. The van der Waals surface area contributed by atoms with Crippen LogP contribution in [0.15, 0.2) is 29.1 Å². The van der Waals surface area contributed by atoms with E-state index in [1.807, 2.05) is 23.1 Å². The summed E-state index contributed by atoms with van der Waals surface area (Å²) in [7, 11) is 1.62. The molecule has 25 heavy (non-hydrogen) atoms. The van der Waals surface area contributed by atoms with Gasteiger partial charge in [0.2, 0.25) is 5.91 Å². The maximum absolute atomic E-state index is 12.8. The molecule has 0 bridgehead atoms. The molecule has 1 atom stereocenters. The number of nitrogens with zero attached hydrogens (tertiary/aromatic N) is 3. The molecule has 136 valence electrons. The Morgan fingerprint density at radius 3 is 2.60 bits per heavy atom. The van der Waals surface area contributed by atoms with Gasteiger partial charge in [0.15, 0.2) is 0 Å². The van der Waals surface area contributed by atoms with Crippen LogP contribution in [-0.4, -0.2) is 39.7 Å². The summed E-state index contributed by atoms with van der Waals surface area (Å²) in [4.78, 5) is 26.8. The van der Waals surface area contributed by atoms with Crippen LogP contribution in [0.4, 0.5) is 0 Å². The first kappa shape index (κ1) is 19.4. The van der Waals surface area contributed by atoms with Gasteiger partial charge in [0.05, 0.1) is 17.5 Å². The SMILES string of the molecule is Cl.Cn1nc(CC(=O)N2CCC(N)C(C)(C)C2)c2ccccc2c1=O. The zero-order valence-electron chi connectivity index (χ0n) is 14.9. The number of likely N-dealkylation sites (tertiary alicyclic amines) is 1. The van der Waals surface area contributed by atoms with E-state index in [9.17, 15) is 9.59 Å². The minimum absolute atomic E-state index is 0. The molecular weight excluding hydrogens is 340 g/mol. The number of amides is 1. The van der Waals surface area contributed by atoms with Crippen molar-refractivity contribution in [1.82, 2.24) is 14.7 Å². The van der Waals surface area contributed by atoms with Crippen LogP contribution in [0.1, 0.15) is 26.0 Å². The summed E-state index contributed by atoms with van der Waals surface area (Å²) in [6.45, 7) is 5.51. The second kappa shape index (κ2) is 7.14. The van der Waals surface area contributed by atoms with Gasteiger partial charge in [0, 0.05) is 31.6 Å². The number of halogens is 1. The third-order valence-corrected chi connectivity index (χ3v) is 5.02. The molecular formula is C18H25ClN4O2. The van der Waals surface area contributed by atoms with Gasteiger partial charge in [0.1, 0.15) is 0 Å². The summed E-state index contributed by atoms with van der Waals surface area (Å²) < 4.78 is 1.31. The lowest BCUT2D eigenvalue weighted by atomic mass is 9.79. The van der Waals surface area contributed by atoms with Gasteiger partial charge in [-0.3, -0.25) is 9.59 Å². The highest BCUT2D eigenvalue weighted by Gasteiger charge is 2.35. The number of rotatable bonds is 2. The molecule has 1 amide bonds. The number of carbonyl (C=O) groups excluding carboxylic acids is 1. The molecule has 2 heterocycles. The van der Waals surface area contributed by atoms with Crippen molar-refractivity contribution in [1.29, 1.82) is 0 Å². The largest absolute Gasteiger partial charge is 0.342 e. The maximum Gasteiger partial charge on any atom is 0.274 e. The Kier molecular flexibility index (Phi) is 5.54. The van der Waals surface area contributed by atoms with E-state index in [-0.39, 0.29) is 41.8 Å². The highest BCUT2D eigenvalue weighted by atomic mass is 35.5. The lowest BCUT2D eigenvalue weighted by molar-refractivity contribution is -0.133. The average Bonchev–Trinajstić information content (AvgIpc) is 2.54. The van der Waals surface area contributed by atoms with E-state index >= 15 is 0 Å². The molecule has 2 N–H and O–H groups in total. The van der Waals surface area contributed by atoms with E-state index in [4.69, 9.17) is 5.73 Å². The monoisotopic (exact) mass is 364 g/mol. The number of piperidine rings is 1. The molecule has 2 aromatic rings. The smallest absolute Gasteiger partial charge is 0.274 e. The van der Waals surface area contributed by atoms with E-state index in [2.05, 4.69) is 18.9 Å². The van der Waals surface area contributed by atoms with Crippen LogP contribution in [0.3, 0.4) is 0 Å². The molecule has 1 aromatic heterocycles. The molecule has 1 aromatic carbocycles. The highest BCUT2D eigenvalue weighted by molar-refractivity contribution is 5.88. The maximum atomic E-state index is 12.8. The van der Waals surface area contributed by atoms with Crippen molar-refractivity contribution in [2.75, 3.05) is 13.1 Å². The van der Waals surface area contributed by atoms with Crippen molar-refractivity contribution in [2.24, 2.45) is 18.2 Å². The Labute approximate surface area is 153 Å². The average molecular weight is 365 g/mol. The van der Waals surface area contributed by atoms with E-state index in [1.54, 1.807) is 13.1 Å². The van der Waals surface area contributed by atoms with Gasteiger partial charge in [-0.15, -0.1) is 12.4 Å². The standard InChI is InChI=1S/C18H24N4O2.ClH/c1-18(2)11-22(9-8-15(18)19)16(23)10-14-12-6-4-5-7-13(12)17(24)21(3)20-14;/h4-7,15H,8-11,19H2,1-3H3;1H. The number of aromatic nitrogens is 2. The zero-order valence-corrected chi connectivity index (χ0v) is 15.7. The van der Waals surface area contributed by atoms with E-state index in [0.717, 1.165) is 11.8 Å². The quantitative estimate of drug-likeness (QED) is 0.875. The topological polar surface area (TPSA) is 81.2 Å². The number of benzene rings is 1. The van der Waals surface area contributed by atoms with Crippen LogP contribution in [0, 0.1) is 5.41 Å². The zero-order chi connectivity index (χ0) is 17.5. The van der Waals surface area contributed by atoms with Gasteiger partial charge in [-0.25, -0.2) is 4.68 Å². The second-order valence-corrected chi connectivity index (χ2v) is 7.30. The third kappa shape index (κ3) is 3.70. The second-order valence-electron chi connectivity index (χ2n) is 7.30. The minimum Gasteiger partial charge on any atom is -0.342 e. The van der Waals surface area contributed by atoms with E-state index in [0.29, 0.717) is 24.2 Å². The fourth-order valence-corrected chi connectivity index (χ4v) is 3.35. The van der Waals surface area contributed by atoms with Crippen LogP contribution in [0.25, 0.3) is 10.8 Å². The molecule has 1 aliphatic heterocycles. The van der Waals surface area contributed by atoms with Crippen LogP contribution >= 0.6 is 12.4 Å². The summed E-state index contributed by atoms with van der Waals surface area (Å²) in [5.74, 6) is 0.0336.